The summed E-state index contributed by atoms with van der Waals surface area (Å²) in [6.07, 6.45) is 1.62. The van der Waals surface area contributed by atoms with E-state index in [2.05, 4.69) is 4.98 Å². The van der Waals surface area contributed by atoms with Crippen molar-refractivity contribution in [3.63, 3.8) is 0 Å². The van der Waals surface area contributed by atoms with E-state index >= 15 is 0 Å². The average molecular weight is 241 g/mol. The lowest BCUT2D eigenvalue weighted by atomic mass is 10.0. The molecule has 0 saturated carbocycles. The number of ketones is 1. The van der Waals surface area contributed by atoms with Crippen LogP contribution in [-0.2, 0) is 6.61 Å². The van der Waals surface area contributed by atoms with Crippen LogP contribution >= 0.6 is 0 Å². The number of hydrogen-bond acceptors (Lipinski definition) is 4. The molecule has 0 aliphatic carbocycles. The van der Waals surface area contributed by atoms with Gasteiger partial charge in [0.05, 0.1) is 12.7 Å². The molecule has 0 fully saturated rings. The Morgan fingerprint density at radius 1 is 1.33 bits per heavy atom. The largest absolute Gasteiger partial charge is 0.497 e. The highest BCUT2D eigenvalue weighted by Gasteiger charge is 2.23. The summed E-state index contributed by atoms with van der Waals surface area (Å²) in [5.74, 6) is 1.10. The molecular weight excluding hydrogens is 230 g/mol. The highest BCUT2D eigenvalue weighted by Crippen LogP contribution is 2.30. The molecule has 0 radical (unpaired) electrons. The number of pyridine rings is 1. The Labute approximate surface area is 104 Å². The predicted octanol–water partition coefficient (Wildman–Crippen LogP) is 2.21. The minimum absolute atomic E-state index is 0.110. The van der Waals surface area contributed by atoms with Crippen LogP contribution < -0.4 is 9.47 Å². The molecule has 1 aliphatic heterocycles. The van der Waals surface area contributed by atoms with E-state index in [-0.39, 0.29) is 5.78 Å². The molecule has 0 unspecified atom stereocenters. The van der Waals surface area contributed by atoms with Gasteiger partial charge in [-0.3, -0.25) is 9.78 Å². The van der Waals surface area contributed by atoms with Crippen LogP contribution in [-0.4, -0.2) is 17.9 Å². The van der Waals surface area contributed by atoms with Crippen LogP contribution in [0.4, 0.5) is 0 Å². The molecule has 90 valence electrons. The number of rotatable bonds is 1. The number of ether oxygens (including phenoxy) is 2. The van der Waals surface area contributed by atoms with E-state index in [1.54, 1.807) is 37.6 Å². The molecule has 0 saturated heterocycles. The first-order valence-corrected chi connectivity index (χ1v) is 5.59. The number of nitrogens with zero attached hydrogens (tertiary/aromatic N) is 1. The first kappa shape index (κ1) is 10.8. The molecule has 0 N–H and O–H groups in total. The van der Waals surface area contributed by atoms with Crippen molar-refractivity contribution in [3.8, 4) is 11.5 Å². The second-order valence-electron chi connectivity index (χ2n) is 3.99. The van der Waals surface area contributed by atoms with Crippen LogP contribution in [0.5, 0.6) is 11.5 Å². The van der Waals surface area contributed by atoms with Crippen molar-refractivity contribution in [1.82, 2.24) is 4.98 Å². The van der Waals surface area contributed by atoms with E-state index in [4.69, 9.17) is 9.47 Å². The van der Waals surface area contributed by atoms with Crippen molar-refractivity contribution in [2.24, 2.45) is 0 Å². The van der Waals surface area contributed by atoms with Crippen LogP contribution in [0.3, 0.4) is 0 Å². The third-order valence-corrected chi connectivity index (χ3v) is 2.92. The quantitative estimate of drug-likeness (QED) is 0.768. The van der Waals surface area contributed by atoms with Gasteiger partial charge < -0.3 is 9.47 Å². The van der Waals surface area contributed by atoms with Crippen molar-refractivity contribution in [3.05, 3.63) is 53.3 Å². The van der Waals surface area contributed by atoms with Crippen LogP contribution in [0.25, 0.3) is 0 Å². The zero-order valence-electron chi connectivity index (χ0n) is 9.84. The minimum Gasteiger partial charge on any atom is -0.497 e. The second kappa shape index (κ2) is 4.14. The van der Waals surface area contributed by atoms with Gasteiger partial charge in [-0.15, -0.1) is 0 Å². The normalized spacial score (nSPS) is 13.1. The number of carbonyl (C=O) groups is 1. The van der Waals surface area contributed by atoms with Crippen molar-refractivity contribution in [2.75, 3.05) is 7.11 Å². The Bertz CT molecular complexity index is 622. The molecule has 4 nitrogen and oxygen atoms in total. The lowest BCUT2D eigenvalue weighted by molar-refractivity contribution is 0.103. The van der Waals surface area contributed by atoms with Crippen molar-refractivity contribution < 1.29 is 14.3 Å². The summed E-state index contributed by atoms with van der Waals surface area (Å²) in [6.45, 7) is 0.342. The monoisotopic (exact) mass is 241 g/mol. The molecule has 1 aromatic heterocycles. The third kappa shape index (κ3) is 1.62. The van der Waals surface area contributed by atoms with Gasteiger partial charge in [-0.1, -0.05) is 6.07 Å². The molecule has 3 rings (SSSR count). The van der Waals surface area contributed by atoms with Gasteiger partial charge in [0.1, 0.15) is 23.8 Å². The van der Waals surface area contributed by atoms with E-state index in [0.29, 0.717) is 29.4 Å². The highest BCUT2D eigenvalue weighted by molar-refractivity contribution is 6.10. The van der Waals surface area contributed by atoms with Gasteiger partial charge in [0.25, 0.3) is 0 Å². The summed E-state index contributed by atoms with van der Waals surface area (Å²) in [7, 11) is 1.58. The second-order valence-corrected chi connectivity index (χ2v) is 3.99. The van der Waals surface area contributed by atoms with Crippen LogP contribution in [0.2, 0.25) is 0 Å². The van der Waals surface area contributed by atoms with Gasteiger partial charge in [0, 0.05) is 17.8 Å². The number of carbonyl (C=O) groups excluding carboxylic acids is 1. The SMILES string of the molecule is COc1ccc2c(c1)OCc1cccnc1C2=O. The fraction of sp³-hybridized carbons (Fsp3) is 0.143. The molecule has 2 aromatic rings. The van der Waals surface area contributed by atoms with Gasteiger partial charge in [0.2, 0.25) is 5.78 Å². The summed E-state index contributed by atoms with van der Waals surface area (Å²) in [5.41, 5.74) is 1.78. The average Bonchev–Trinajstić information content (AvgIpc) is 2.57. The lowest BCUT2D eigenvalue weighted by Gasteiger charge is -2.07. The van der Waals surface area contributed by atoms with E-state index < -0.39 is 0 Å². The van der Waals surface area contributed by atoms with Crippen LogP contribution in [0, 0.1) is 0 Å². The van der Waals surface area contributed by atoms with Gasteiger partial charge >= 0.3 is 0 Å². The van der Waals surface area contributed by atoms with Gasteiger partial charge in [-0.05, 0) is 18.2 Å². The Balaban J connectivity index is 2.15. The molecule has 0 bridgehead atoms. The van der Waals surface area contributed by atoms with E-state index in [9.17, 15) is 4.79 Å². The molecule has 2 heterocycles. The molecule has 4 heteroatoms. The topological polar surface area (TPSA) is 48.4 Å². The van der Waals surface area contributed by atoms with Crippen LogP contribution in [0.1, 0.15) is 21.6 Å². The molecule has 1 aromatic carbocycles. The van der Waals surface area contributed by atoms with E-state index in [0.717, 1.165) is 5.56 Å². The number of benzene rings is 1. The maximum absolute atomic E-state index is 12.3. The molecule has 0 amide bonds. The first-order chi connectivity index (χ1) is 8.79. The maximum Gasteiger partial charge on any atom is 0.215 e. The summed E-state index contributed by atoms with van der Waals surface area (Å²) in [5, 5.41) is 0. The van der Waals surface area contributed by atoms with Crippen molar-refractivity contribution in [2.45, 2.75) is 6.61 Å². The summed E-state index contributed by atoms with van der Waals surface area (Å²) < 4.78 is 10.8. The van der Waals surface area contributed by atoms with Gasteiger partial charge in [-0.2, -0.15) is 0 Å². The lowest BCUT2D eigenvalue weighted by Crippen LogP contribution is -2.05. The molecule has 18 heavy (non-hydrogen) atoms. The Kier molecular flexibility index (Phi) is 2.48. The van der Waals surface area contributed by atoms with E-state index in [1.807, 2.05) is 6.07 Å². The summed E-state index contributed by atoms with van der Waals surface area (Å²) in [6, 6.07) is 8.82. The van der Waals surface area contributed by atoms with E-state index in [1.165, 1.54) is 0 Å². The minimum atomic E-state index is -0.110. The van der Waals surface area contributed by atoms with Crippen LogP contribution in [0.15, 0.2) is 36.5 Å². The zero-order chi connectivity index (χ0) is 12.5. The molecule has 0 spiro atoms. The maximum atomic E-state index is 12.3. The smallest absolute Gasteiger partial charge is 0.215 e. The Morgan fingerprint density at radius 2 is 2.22 bits per heavy atom. The molecular formula is C14H11NO3. The number of hydrogen-bond donors (Lipinski definition) is 0. The number of fused-ring (bicyclic) bond motifs is 2. The van der Waals surface area contributed by atoms with Gasteiger partial charge in [-0.25, -0.2) is 0 Å². The van der Waals surface area contributed by atoms with Gasteiger partial charge in [0.15, 0.2) is 0 Å². The van der Waals surface area contributed by atoms with Crippen molar-refractivity contribution in [1.29, 1.82) is 0 Å². The fourth-order valence-electron chi connectivity index (χ4n) is 1.98. The zero-order valence-corrected chi connectivity index (χ0v) is 9.84. The highest BCUT2D eigenvalue weighted by atomic mass is 16.5. The predicted molar refractivity (Wildman–Crippen MR) is 65.0 cm³/mol. The molecule has 1 aliphatic rings. The van der Waals surface area contributed by atoms with Crippen molar-refractivity contribution >= 4 is 5.78 Å². The number of aromatic nitrogens is 1. The Morgan fingerprint density at radius 3 is 3.06 bits per heavy atom. The summed E-state index contributed by atoms with van der Waals surface area (Å²) in [4.78, 5) is 16.5. The fourth-order valence-corrected chi connectivity index (χ4v) is 1.98. The number of methoxy groups -OCH3 is 1. The standard InChI is InChI=1S/C14H11NO3/c1-17-10-4-5-11-12(7-10)18-8-9-3-2-6-15-13(9)14(11)16/h2-7H,8H2,1H3. The molecule has 0 atom stereocenters. The summed E-state index contributed by atoms with van der Waals surface area (Å²) >= 11 is 0. The third-order valence-electron chi connectivity index (χ3n) is 2.92. The first-order valence-electron chi connectivity index (χ1n) is 5.59. The Hall–Kier alpha value is -2.36.